The summed E-state index contributed by atoms with van der Waals surface area (Å²) in [6.07, 6.45) is 0.0650. The summed E-state index contributed by atoms with van der Waals surface area (Å²) in [7, 11) is 4.64. The van der Waals surface area contributed by atoms with Crippen LogP contribution in [-0.4, -0.2) is 73.6 Å². The number of ether oxygens (including phenoxy) is 4. The summed E-state index contributed by atoms with van der Waals surface area (Å²) in [6, 6.07) is 0. The van der Waals surface area contributed by atoms with Crippen LogP contribution in [0.3, 0.4) is 0 Å². The number of carboxylic acids is 1. The highest BCUT2D eigenvalue weighted by molar-refractivity contribution is 8.48. The lowest BCUT2D eigenvalue weighted by Crippen LogP contribution is -2.43. The Kier molecular flexibility index (Phi) is 13.2. The summed E-state index contributed by atoms with van der Waals surface area (Å²) in [5, 5.41) is 10.2. The normalized spacial score (nSPS) is 13.0. The molecule has 0 aliphatic rings. The molecular weight excluding hydrogens is 424 g/mol. The maximum atomic E-state index is 12.7. The van der Waals surface area contributed by atoms with E-state index in [0.29, 0.717) is 3.53 Å². The van der Waals surface area contributed by atoms with Gasteiger partial charge in [-0.3, -0.25) is 9.59 Å². The molecule has 162 valence electrons. The van der Waals surface area contributed by atoms with Gasteiger partial charge in [0.25, 0.3) is 0 Å². The second-order valence-electron chi connectivity index (χ2n) is 6.94. The van der Waals surface area contributed by atoms with E-state index in [2.05, 4.69) is 6.58 Å². The minimum Gasteiger partial charge on any atom is -0.480 e. The van der Waals surface area contributed by atoms with Crippen LogP contribution in [0.1, 0.15) is 20.3 Å². The topological polar surface area (TPSA) is 91.3 Å². The molecule has 0 amide bonds. The van der Waals surface area contributed by atoms with Crippen molar-refractivity contribution in [3.63, 3.8) is 0 Å². The highest BCUT2D eigenvalue weighted by Crippen LogP contribution is 2.34. The van der Waals surface area contributed by atoms with Crippen LogP contribution in [0, 0.1) is 10.8 Å². The van der Waals surface area contributed by atoms with Gasteiger partial charge < -0.3 is 24.1 Å². The molecule has 10 heteroatoms. The highest BCUT2D eigenvalue weighted by Gasteiger charge is 2.39. The van der Waals surface area contributed by atoms with Gasteiger partial charge in [0.05, 0.1) is 30.7 Å². The van der Waals surface area contributed by atoms with E-state index in [-0.39, 0.29) is 32.8 Å². The Morgan fingerprint density at radius 3 is 2.00 bits per heavy atom. The SMILES string of the molecule is C=CSC(=S)SC(CC(C)(C)C(=O)OCC(COC)(COC)COC)C(=O)O. The molecular formula is C18H30O7S3. The average Bonchev–Trinajstić information content (AvgIpc) is 2.59. The van der Waals surface area contributed by atoms with Gasteiger partial charge in [-0.2, -0.15) is 0 Å². The van der Waals surface area contributed by atoms with Crippen LogP contribution in [0.4, 0.5) is 0 Å². The Hall–Kier alpha value is -0.650. The molecule has 0 radical (unpaired) electrons. The van der Waals surface area contributed by atoms with Crippen molar-refractivity contribution in [2.75, 3.05) is 47.8 Å². The molecule has 0 aromatic rings. The zero-order valence-corrected chi connectivity index (χ0v) is 19.5. The molecule has 7 nitrogen and oxygen atoms in total. The molecule has 0 bridgehead atoms. The third-order valence-electron chi connectivity index (χ3n) is 3.80. The molecule has 0 fully saturated rings. The summed E-state index contributed by atoms with van der Waals surface area (Å²) >= 11 is 7.33. The maximum Gasteiger partial charge on any atom is 0.317 e. The van der Waals surface area contributed by atoms with Gasteiger partial charge in [0, 0.05) is 21.3 Å². The Morgan fingerprint density at radius 1 is 1.11 bits per heavy atom. The van der Waals surface area contributed by atoms with Crippen LogP contribution in [0.15, 0.2) is 12.0 Å². The summed E-state index contributed by atoms with van der Waals surface area (Å²) in [5.41, 5.74) is -1.67. The third kappa shape index (κ3) is 9.71. The second kappa shape index (κ2) is 13.6. The second-order valence-corrected chi connectivity index (χ2v) is 10.3. The number of aliphatic carboxylic acids is 1. The standard InChI is InChI=1S/C18H30O7S3/c1-7-27-16(26)28-13(14(19)20)8-17(2,3)15(21)25-12-18(9-22-4,10-23-5)11-24-6/h7,13H,1,8-12H2,2-6H3,(H,19,20). The fourth-order valence-electron chi connectivity index (χ4n) is 2.52. The van der Waals surface area contributed by atoms with E-state index in [0.717, 1.165) is 11.8 Å². The number of hydrogen-bond acceptors (Lipinski definition) is 9. The quantitative estimate of drug-likeness (QED) is 0.311. The summed E-state index contributed by atoms with van der Waals surface area (Å²) in [4.78, 5) is 24.3. The number of carbonyl (C=O) groups is 2. The number of carbonyl (C=O) groups excluding carboxylic acids is 1. The highest BCUT2D eigenvalue weighted by atomic mass is 32.2. The molecule has 28 heavy (non-hydrogen) atoms. The zero-order chi connectivity index (χ0) is 21.8. The van der Waals surface area contributed by atoms with Crippen LogP contribution >= 0.6 is 35.7 Å². The van der Waals surface area contributed by atoms with Crippen molar-refractivity contribution in [1.82, 2.24) is 0 Å². The molecule has 0 aliphatic carbocycles. The van der Waals surface area contributed by atoms with Crippen molar-refractivity contribution in [2.45, 2.75) is 25.5 Å². The van der Waals surface area contributed by atoms with Crippen molar-refractivity contribution in [2.24, 2.45) is 10.8 Å². The predicted octanol–water partition coefficient (Wildman–Crippen LogP) is 3.22. The molecule has 0 aliphatic heterocycles. The fourth-order valence-corrected chi connectivity index (χ4v) is 4.82. The van der Waals surface area contributed by atoms with E-state index in [1.807, 2.05) is 0 Å². The molecule has 0 aromatic heterocycles. The predicted molar refractivity (Wildman–Crippen MR) is 117 cm³/mol. The summed E-state index contributed by atoms with van der Waals surface area (Å²) in [6.45, 7) is 7.73. The van der Waals surface area contributed by atoms with E-state index < -0.39 is 28.0 Å². The number of esters is 1. The minimum absolute atomic E-state index is 0.0282. The van der Waals surface area contributed by atoms with E-state index >= 15 is 0 Å². The Balaban J connectivity index is 5.12. The monoisotopic (exact) mass is 454 g/mol. The van der Waals surface area contributed by atoms with Gasteiger partial charge >= 0.3 is 11.9 Å². The van der Waals surface area contributed by atoms with Crippen molar-refractivity contribution >= 4 is 51.2 Å². The van der Waals surface area contributed by atoms with Gasteiger partial charge in [0.2, 0.25) is 0 Å². The van der Waals surface area contributed by atoms with Crippen LogP contribution < -0.4 is 0 Å². The fraction of sp³-hybridized carbons (Fsp3) is 0.722. The van der Waals surface area contributed by atoms with Crippen LogP contribution in [0.2, 0.25) is 0 Å². The molecule has 0 aromatic carbocycles. The Morgan fingerprint density at radius 2 is 1.61 bits per heavy atom. The molecule has 0 heterocycles. The first-order valence-electron chi connectivity index (χ1n) is 8.42. The summed E-state index contributed by atoms with van der Waals surface area (Å²) in [5.74, 6) is -1.54. The molecule has 0 saturated carbocycles. The van der Waals surface area contributed by atoms with Crippen LogP contribution in [0.5, 0.6) is 0 Å². The number of hydrogen-bond donors (Lipinski definition) is 1. The lowest BCUT2D eigenvalue weighted by atomic mass is 9.87. The number of thiocarbonyl (C=S) groups is 1. The number of carboxylic acid groups (broad SMARTS) is 1. The van der Waals surface area contributed by atoms with Crippen molar-refractivity contribution < 1.29 is 33.6 Å². The van der Waals surface area contributed by atoms with Crippen LogP contribution in [-0.2, 0) is 28.5 Å². The molecule has 1 unspecified atom stereocenters. The molecule has 0 saturated heterocycles. The first-order chi connectivity index (χ1) is 13.1. The maximum absolute atomic E-state index is 12.7. The Bertz CT molecular complexity index is 520. The Labute approximate surface area is 180 Å². The van der Waals surface area contributed by atoms with Crippen molar-refractivity contribution in [3.8, 4) is 0 Å². The summed E-state index contributed by atoms with van der Waals surface area (Å²) < 4.78 is 21.7. The molecule has 1 atom stereocenters. The van der Waals surface area contributed by atoms with Gasteiger partial charge in [-0.15, -0.1) is 0 Å². The number of thioether (sulfide) groups is 2. The zero-order valence-electron chi connectivity index (χ0n) is 17.0. The number of methoxy groups -OCH3 is 3. The van der Waals surface area contributed by atoms with E-state index in [1.54, 1.807) is 35.2 Å². The van der Waals surface area contributed by atoms with Gasteiger partial charge in [-0.1, -0.05) is 42.3 Å². The van der Waals surface area contributed by atoms with E-state index in [9.17, 15) is 14.7 Å². The first kappa shape index (κ1) is 27.4. The first-order valence-corrected chi connectivity index (χ1v) is 10.6. The van der Waals surface area contributed by atoms with Crippen LogP contribution in [0.25, 0.3) is 0 Å². The van der Waals surface area contributed by atoms with E-state index in [1.165, 1.54) is 17.2 Å². The molecule has 0 rings (SSSR count). The molecule has 1 N–H and O–H groups in total. The smallest absolute Gasteiger partial charge is 0.317 e. The van der Waals surface area contributed by atoms with Crippen molar-refractivity contribution in [1.29, 1.82) is 0 Å². The minimum atomic E-state index is -1.04. The van der Waals surface area contributed by atoms with Crippen molar-refractivity contribution in [3.05, 3.63) is 12.0 Å². The largest absolute Gasteiger partial charge is 0.480 e. The third-order valence-corrected chi connectivity index (χ3v) is 6.16. The lowest BCUT2D eigenvalue weighted by Gasteiger charge is -2.33. The average molecular weight is 455 g/mol. The van der Waals surface area contributed by atoms with Gasteiger partial charge in [0.1, 0.15) is 15.4 Å². The van der Waals surface area contributed by atoms with Gasteiger partial charge in [0.15, 0.2) is 0 Å². The lowest BCUT2D eigenvalue weighted by molar-refractivity contribution is -0.164. The van der Waals surface area contributed by atoms with Gasteiger partial charge in [-0.25, -0.2) is 0 Å². The number of rotatable bonds is 14. The van der Waals surface area contributed by atoms with E-state index in [4.69, 9.17) is 31.2 Å². The molecule has 0 spiro atoms. The van der Waals surface area contributed by atoms with Gasteiger partial charge in [-0.05, 0) is 25.7 Å².